The first-order valence-corrected chi connectivity index (χ1v) is 8.69. The van der Waals surface area contributed by atoms with Crippen molar-refractivity contribution in [3.8, 4) is 5.75 Å². The van der Waals surface area contributed by atoms with Gasteiger partial charge in [0.05, 0.1) is 7.11 Å². The number of nitrogens with zero attached hydrogens (tertiary/aromatic N) is 2. The average Bonchev–Trinajstić information content (AvgIpc) is 2.64. The number of rotatable bonds is 7. The Hall–Kier alpha value is -3.08. The van der Waals surface area contributed by atoms with Crippen LogP contribution in [0, 0.1) is 13.8 Å². The Morgan fingerprint density at radius 1 is 0.962 bits per heavy atom. The van der Waals surface area contributed by atoms with Crippen LogP contribution in [0.1, 0.15) is 16.8 Å². The van der Waals surface area contributed by atoms with Crippen LogP contribution in [-0.2, 0) is 6.42 Å². The highest BCUT2D eigenvalue weighted by Gasteiger charge is 2.04. The molecule has 0 saturated heterocycles. The minimum Gasteiger partial charge on any atom is -0.497 e. The maximum absolute atomic E-state index is 5.18. The lowest BCUT2D eigenvalue weighted by atomic mass is 10.1. The van der Waals surface area contributed by atoms with Crippen molar-refractivity contribution in [1.29, 1.82) is 0 Å². The number of hydrogen-bond donors (Lipinski definition) is 2. The number of methoxy groups -OCH3 is 1. The number of aromatic nitrogens is 2. The van der Waals surface area contributed by atoms with E-state index in [1.54, 1.807) is 7.11 Å². The van der Waals surface area contributed by atoms with Crippen LogP contribution in [0.3, 0.4) is 0 Å². The van der Waals surface area contributed by atoms with Crippen molar-refractivity contribution in [1.82, 2.24) is 9.97 Å². The Bertz CT molecular complexity index is 862. The Morgan fingerprint density at radius 2 is 1.73 bits per heavy atom. The molecular weight excluding hydrogens is 324 g/mol. The third-order valence-electron chi connectivity index (χ3n) is 4.12. The van der Waals surface area contributed by atoms with Crippen molar-refractivity contribution in [3.63, 3.8) is 0 Å². The number of anilines is 3. The highest BCUT2D eigenvalue weighted by Crippen LogP contribution is 2.20. The zero-order valence-corrected chi connectivity index (χ0v) is 15.4. The van der Waals surface area contributed by atoms with Crippen LogP contribution in [0.15, 0.2) is 54.6 Å². The van der Waals surface area contributed by atoms with E-state index >= 15 is 0 Å². The van der Waals surface area contributed by atoms with Crippen LogP contribution in [0.25, 0.3) is 0 Å². The SMILES string of the molecule is COc1ccc(CCNc2nc(C)cc(Nc3ccccc3C)n2)cc1. The van der Waals surface area contributed by atoms with E-state index < -0.39 is 0 Å². The van der Waals surface area contributed by atoms with E-state index in [1.165, 1.54) is 11.1 Å². The van der Waals surface area contributed by atoms with Gasteiger partial charge in [-0.05, 0) is 49.6 Å². The van der Waals surface area contributed by atoms with E-state index in [0.717, 1.165) is 35.9 Å². The van der Waals surface area contributed by atoms with Gasteiger partial charge in [0, 0.05) is 24.0 Å². The van der Waals surface area contributed by atoms with Crippen molar-refractivity contribution < 1.29 is 4.74 Å². The maximum Gasteiger partial charge on any atom is 0.224 e. The minimum absolute atomic E-state index is 0.634. The number of hydrogen-bond acceptors (Lipinski definition) is 5. The van der Waals surface area contributed by atoms with Gasteiger partial charge in [-0.2, -0.15) is 4.98 Å². The molecule has 0 unspecified atom stereocenters. The Balaban J connectivity index is 1.62. The van der Waals surface area contributed by atoms with Crippen molar-refractivity contribution in [2.75, 3.05) is 24.3 Å². The zero-order chi connectivity index (χ0) is 18.4. The molecule has 3 rings (SSSR count). The van der Waals surface area contributed by atoms with E-state index in [2.05, 4.69) is 45.7 Å². The van der Waals surface area contributed by atoms with E-state index in [4.69, 9.17) is 4.74 Å². The Morgan fingerprint density at radius 3 is 2.46 bits per heavy atom. The van der Waals surface area contributed by atoms with Crippen LogP contribution < -0.4 is 15.4 Å². The fourth-order valence-electron chi connectivity index (χ4n) is 2.67. The molecule has 1 heterocycles. The molecule has 3 aromatic rings. The lowest BCUT2D eigenvalue weighted by molar-refractivity contribution is 0.414. The summed E-state index contributed by atoms with van der Waals surface area (Å²) in [6.07, 6.45) is 0.891. The van der Waals surface area contributed by atoms with Crippen LogP contribution >= 0.6 is 0 Å². The van der Waals surface area contributed by atoms with Crippen molar-refractivity contribution >= 4 is 17.5 Å². The standard InChI is InChI=1S/C21H24N4O/c1-15-6-4-5-7-19(15)24-20-14-16(2)23-21(25-20)22-13-12-17-8-10-18(26-3)11-9-17/h4-11,14H,12-13H2,1-3H3,(H2,22,23,24,25). The molecule has 0 radical (unpaired) electrons. The second-order valence-electron chi connectivity index (χ2n) is 6.18. The molecule has 0 fully saturated rings. The summed E-state index contributed by atoms with van der Waals surface area (Å²) in [5.41, 5.74) is 4.39. The summed E-state index contributed by atoms with van der Waals surface area (Å²) in [4.78, 5) is 9.05. The predicted octanol–water partition coefficient (Wildman–Crippen LogP) is 4.50. The van der Waals surface area contributed by atoms with Gasteiger partial charge in [-0.25, -0.2) is 4.98 Å². The normalized spacial score (nSPS) is 10.4. The summed E-state index contributed by atoms with van der Waals surface area (Å²) >= 11 is 0. The average molecular weight is 348 g/mol. The van der Waals surface area contributed by atoms with E-state index in [0.29, 0.717) is 5.95 Å². The Labute approximate surface area is 154 Å². The van der Waals surface area contributed by atoms with Crippen LogP contribution in [0.2, 0.25) is 0 Å². The summed E-state index contributed by atoms with van der Waals surface area (Å²) in [5, 5.41) is 6.68. The fraction of sp³-hybridized carbons (Fsp3) is 0.238. The first kappa shape index (κ1) is 17.7. The largest absolute Gasteiger partial charge is 0.497 e. The quantitative estimate of drug-likeness (QED) is 0.658. The van der Waals surface area contributed by atoms with E-state index in [9.17, 15) is 0 Å². The molecule has 0 atom stereocenters. The number of para-hydroxylation sites is 1. The van der Waals surface area contributed by atoms with E-state index in [-0.39, 0.29) is 0 Å². The molecule has 0 spiro atoms. The molecule has 1 aromatic heterocycles. The van der Waals surface area contributed by atoms with Crippen molar-refractivity contribution in [2.45, 2.75) is 20.3 Å². The van der Waals surface area contributed by atoms with Gasteiger partial charge in [-0.3, -0.25) is 0 Å². The molecule has 0 saturated carbocycles. The smallest absolute Gasteiger partial charge is 0.224 e. The molecule has 0 aliphatic carbocycles. The van der Waals surface area contributed by atoms with Gasteiger partial charge in [0.15, 0.2) is 0 Å². The predicted molar refractivity (Wildman–Crippen MR) is 106 cm³/mol. The maximum atomic E-state index is 5.18. The van der Waals surface area contributed by atoms with Crippen LogP contribution in [0.4, 0.5) is 17.5 Å². The topological polar surface area (TPSA) is 59.1 Å². The molecule has 2 aromatic carbocycles. The summed E-state index contributed by atoms with van der Waals surface area (Å²) in [5.74, 6) is 2.30. The number of nitrogens with one attached hydrogen (secondary N) is 2. The molecule has 0 amide bonds. The van der Waals surface area contributed by atoms with Crippen LogP contribution in [0.5, 0.6) is 5.75 Å². The lowest BCUT2D eigenvalue weighted by Crippen LogP contribution is -2.09. The molecule has 0 aliphatic rings. The molecule has 0 aliphatic heterocycles. The lowest BCUT2D eigenvalue weighted by Gasteiger charge is -2.11. The number of ether oxygens (including phenoxy) is 1. The van der Waals surface area contributed by atoms with Crippen LogP contribution in [-0.4, -0.2) is 23.6 Å². The second-order valence-corrected chi connectivity index (χ2v) is 6.18. The van der Waals surface area contributed by atoms with Gasteiger partial charge < -0.3 is 15.4 Å². The molecular formula is C21H24N4O. The van der Waals surface area contributed by atoms with Gasteiger partial charge in [0.1, 0.15) is 11.6 Å². The van der Waals surface area contributed by atoms with Crippen molar-refractivity contribution in [2.24, 2.45) is 0 Å². The molecule has 2 N–H and O–H groups in total. The summed E-state index contributed by atoms with van der Waals surface area (Å²) in [6.45, 7) is 4.81. The van der Waals surface area contributed by atoms with Gasteiger partial charge >= 0.3 is 0 Å². The zero-order valence-electron chi connectivity index (χ0n) is 15.4. The highest BCUT2D eigenvalue weighted by molar-refractivity contribution is 5.61. The highest BCUT2D eigenvalue weighted by atomic mass is 16.5. The molecule has 134 valence electrons. The first-order valence-electron chi connectivity index (χ1n) is 8.69. The minimum atomic E-state index is 0.634. The monoisotopic (exact) mass is 348 g/mol. The van der Waals surface area contributed by atoms with E-state index in [1.807, 2.05) is 43.3 Å². The Kier molecular flexibility index (Phi) is 5.69. The molecule has 0 bridgehead atoms. The van der Waals surface area contributed by atoms with Crippen molar-refractivity contribution in [3.05, 3.63) is 71.4 Å². The van der Waals surface area contributed by atoms with Gasteiger partial charge in [0.25, 0.3) is 0 Å². The molecule has 26 heavy (non-hydrogen) atoms. The summed E-state index contributed by atoms with van der Waals surface area (Å²) in [6, 6.07) is 18.2. The number of benzene rings is 2. The second kappa shape index (κ2) is 8.34. The molecule has 5 nitrogen and oxygen atoms in total. The molecule has 5 heteroatoms. The van der Waals surface area contributed by atoms with Gasteiger partial charge in [-0.1, -0.05) is 30.3 Å². The third kappa shape index (κ3) is 4.72. The van der Waals surface area contributed by atoms with Gasteiger partial charge in [0.2, 0.25) is 5.95 Å². The first-order chi connectivity index (χ1) is 12.6. The summed E-state index contributed by atoms with van der Waals surface area (Å²) < 4.78 is 5.18. The van der Waals surface area contributed by atoms with Gasteiger partial charge in [-0.15, -0.1) is 0 Å². The third-order valence-corrected chi connectivity index (χ3v) is 4.12. The fourth-order valence-corrected chi connectivity index (χ4v) is 2.67. The number of aryl methyl sites for hydroxylation is 2. The summed E-state index contributed by atoms with van der Waals surface area (Å²) in [7, 11) is 1.67.